The molecule has 0 N–H and O–H groups in total. The summed E-state index contributed by atoms with van der Waals surface area (Å²) in [6.07, 6.45) is -1.05. The predicted octanol–water partition coefficient (Wildman–Crippen LogP) is 0.423. The molecule has 14 heavy (non-hydrogen) atoms. The molecular formula is C10H6O4. The van der Waals surface area contributed by atoms with E-state index in [0.29, 0.717) is 5.56 Å². The van der Waals surface area contributed by atoms with Crippen LogP contribution in [0.5, 0.6) is 0 Å². The summed E-state index contributed by atoms with van der Waals surface area (Å²) in [5, 5.41) is 0. The molecule has 4 heteroatoms. The Labute approximate surface area is 79.5 Å². The first kappa shape index (κ1) is 8.62. The van der Waals surface area contributed by atoms with Gasteiger partial charge in [-0.2, -0.15) is 0 Å². The van der Waals surface area contributed by atoms with Crippen LogP contribution in [-0.4, -0.2) is 17.5 Å². The van der Waals surface area contributed by atoms with Gasteiger partial charge in [-0.3, -0.25) is 9.59 Å². The Hall–Kier alpha value is -1.97. The molecule has 0 amide bonds. The fraction of sp³-hybridized carbons (Fsp3) is 0.100. The minimum atomic E-state index is -1.07. The Morgan fingerprint density at radius 2 is 1.64 bits per heavy atom. The van der Waals surface area contributed by atoms with Crippen LogP contribution in [0.2, 0.25) is 0 Å². The maximum Gasteiger partial charge on any atom is 0.384 e. The second kappa shape index (κ2) is 3.06. The van der Waals surface area contributed by atoms with Crippen molar-refractivity contribution in [3.05, 3.63) is 35.9 Å². The van der Waals surface area contributed by atoms with Crippen molar-refractivity contribution in [1.29, 1.82) is 0 Å². The zero-order valence-electron chi connectivity index (χ0n) is 7.10. The van der Waals surface area contributed by atoms with E-state index in [-0.39, 0.29) is 0 Å². The Bertz CT molecular complexity index is 407. The van der Waals surface area contributed by atoms with Crippen LogP contribution in [-0.2, 0) is 19.1 Å². The minimum Gasteiger partial charge on any atom is -0.443 e. The second-order valence-corrected chi connectivity index (χ2v) is 2.89. The Balaban J connectivity index is 2.35. The Morgan fingerprint density at radius 1 is 1.00 bits per heavy atom. The molecule has 0 aliphatic carbocycles. The molecule has 4 nitrogen and oxygen atoms in total. The summed E-state index contributed by atoms with van der Waals surface area (Å²) in [6.45, 7) is 0. The van der Waals surface area contributed by atoms with Gasteiger partial charge in [0.1, 0.15) is 0 Å². The van der Waals surface area contributed by atoms with E-state index in [2.05, 4.69) is 4.74 Å². The molecule has 0 aromatic heterocycles. The van der Waals surface area contributed by atoms with Gasteiger partial charge in [-0.25, -0.2) is 4.79 Å². The van der Waals surface area contributed by atoms with Crippen molar-refractivity contribution in [3.63, 3.8) is 0 Å². The van der Waals surface area contributed by atoms with Crippen molar-refractivity contribution < 1.29 is 19.1 Å². The molecule has 2 rings (SSSR count). The second-order valence-electron chi connectivity index (χ2n) is 2.89. The predicted molar refractivity (Wildman–Crippen MR) is 45.3 cm³/mol. The smallest absolute Gasteiger partial charge is 0.384 e. The third-order valence-corrected chi connectivity index (χ3v) is 1.97. The maximum atomic E-state index is 11.2. The van der Waals surface area contributed by atoms with E-state index in [0.717, 1.165) is 0 Å². The molecule has 1 aliphatic rings. The number of esters is 1. The number of hydrogen-bond donors (Lipinski definition) is 0. The number of Topliss-reactive ketones (excluding diaryl/α,β-unsaturated/α-hetero) is 2. The van der Waals surface area contributed by atoms with Crippen molar-refractivity contribution in [2.24, 2.45) is 0 Å². The highest BCUT2D eigenvalue weighted by Crippen LogP contribution is 2.23. The summed E-state index contributed by atoms with van der Waals surface area (Å²) in [5.74, 6) is -2.93. The van der Waals surface area contributed by atoms with Crippen LogP contribution in [0.15, 0.2) is 30.3 Å². The molecule has 0 spiro atoms. The van der Waals surface area contributed by atoms with E-state index in [1.165, 1.54) is 0 Å². The molecule has 0 bridgehead atoms. The van der Waals surface area contributed by atoms with E-state index >= 15 is 0 Å². The summed E-state index contributed by atoms with van der Waals surface area (Å²) in [4.78, 5) is 32.9. The summed E-state index contributed by atoms with van der Waals surface area (Å²) in [6, 6.07) is 8.45. The van der Waals surface area contributed by atoms with Gasteiger partial charge in [-0.15, -0.1) is 0 Å². The molecule has 0 saturated carbocycles. The highest BCUT2D eigenvalue weighted by Gasteiger charge is 2.42. The molecular weight excluding hydrogens is 184 g/mol. The maximum absolute atomic E-state index is 11.2. The van der Waals surface area contributed by atoms with Crippen molar-refractivity contribution in [2.75, 3.05) is 0 Å². The van der Waals surface area contributed by atoms with E-state index in [1.807, 2.05) is 0 Å². The normalized spacial score (nSPS) is 21.1. The fourth-order valence-corrected chi connectivity index (χ4v) is 1.28. The van der Waals surface area contributed by atoms with Crippen molar-refractivity contribution >= 4 is 17.5 Å². The van der Waals surface area contributed by atoms with Crippen LogP contribution in [0.25, 0.3) is 0 Å². The molecule has 1 atom stereocenters. The van der Waals surface area contributed by atoms with Gasteiger partial charge in [-0.1, -0.05) is 30.3 Å². The van der Waals surface area contributed by atoms with Crippen LogP contribution in [0.1, 0.15) is 11.7 Å². The molecule has 1 aromatic carbocycles. The number of ketones is 2. The quantitative estimate of drug-likeness (QED) is 0.475. The van der Waals surface area contributed by atoms with E-state index in [4.69, 9.17) is 0 Å². The average molecular weight is 190 g/mol. The number of benzene rings is 1. The van der Waals surface area contributed by atoms with Crippen LogP contribution in [0, 0.1) is 0 Å². The average Bonchev–Trinajstić information content (AvgIpc) is 2.47. The van der Waals surface area contributed by atoms with Crippen molar-refractivity contribution in [1.82, 2.24) is 0 Å². The van der Waals surface area contributed by atoms with Crippen LogP contribution in [0.4, 0.5) is 0 Å². The third-order valence-electron chi connectivity index (χ3n) is 1.97. The van der Waals surface area contributed by atoms with Crippen LogP contribution >= 0.6 is 0 Å². The van der Waals surface area contributed by atoms with Gasteiger partial charge < -0.3 is 4.74 Å². The number of ether oxygens (including phenoxy) is 1. The van der Waals surface area contributed by atoms with Crippen molar-refractivity contribution in [3.8, 4) is 0 Å². The minimum absolute atomic E-state index is 0.525. The Kier molecular flexibility index (Phi) is 1.89. The summed E-state index contributed by atoms with van der Waals surface area (Å²) < 4.78 is 4.63. The number of cyclic esters (lactones) is 1. The Morgan fingerprint density at radius 3 is 2.14 bits per heavy atom. The molecule has 0 radical (unpaired) electrons. The van der Waals surface area contributed by atoms with Crippen LogP contribution < -0.4 is 0 Å². The fourth-order valence-electron chi connectivity index (χ4n) is 1.28. The van der Waals surface area contributed by atoms with Gasteiger partial charge in [0, 0.05) is 5.56 Å². The number of hydrogen-bond acceptors (Lipinski definition) is 4. The number of carbonyl (C=O) groups excluding carboxylic acids is 3. The van der Waals surface area contributed by atoms with Crippen LogP contribution in [0.3, 0.4) is 0 Å². The first-order valence-electron chi connectivity index (χ1n) is 4.04. The van der Waals surface area contributed by atoms with E-state index in [9.17, 15) is 14.4 Å². The molecule has 1 unspecified atom stereocenters. The van der Waals surface area contributed by atoms with Crippen molar-refractivity contribution in [2.45, 2.75) is 6.10 Å². The van der Waals surface area contributed by atoms with E-state index < -0.39 is 23.6 Å². The number of carbonyl (C=O) groups is 3. The summed E-state index contributed by atoms with van der Waals surface area (Å²) in [5.41, 5.74) is 0.525. The first-order chi connectivity index (χ1) is 6.70. The van der Waals surface area contributed by atoms with Gasteiger partial charge in [0.2, 0.25) is 0 Å². The molecule has 1 heterocycles. The van der Waals surface area contributed by atoms with Gasteiger partial charge in [0.25, 0.3) is 5.78 Å². The topological polar surface area (TPSA) is 60.4 Å². The molecule has 1 fully saturated rings. The lowest BCUT2D eigenvalue weighted by Gasteiger charge is -2.05. The van der Waals surface area contributed by atoms with Gasteiger partial charge >= 0.3 is 11.8 Å². The third kappa shape index (κ3) is 1.21. The molecule has 70 valence electrons. The molecule has 1 aromatic rings. The highest BCUT2D eigenvalue weighted by atomic mass is 16.6. The lowest BCUT2D eigenvalue weighted by Crippen LogP contribution is -2.14. The standard InChI is InChI=1S/C10H6O4/c11-7-8(12)10(13)14-9(7)6-4-2-1-3-5-6/h1-5,9H. The molecule has 1 aliphatic heterocycles. The number of rotatable bonds is 1. The zero-order chi connectivity index (χ0) is 10.1. The monoisotopic (exact) mass is 190 g/mol. The van der Waals surface area contributed by atoms with Gasteiger partial charge in [0.05, 0.1) is 0 Å². The van der Waals surface area contributed by atoms with E-state index in [1.54, 1.807) is 30.3 Å². The SMILES string of the molecule is O=C1OC(c2ccccc2)C(=O)C1=O. The molecule has 1 saturated heterocycles. The van der Waals surface area contributed by atoms with Gasteiger partial charge in [0.15, 0.2) is 6.10 Å². The first-order valence-corrected chi connectivity index (χ1v) is 4.04. The lowest BCUT2D eigenvalue weighted by atomic mass is 10.1. The lowest BCUT2D eigenvalue weighted by molar-refractivity contribution is -0.149. The summed E-state index contributed by atoms with van der Waals surface area (Å²) >= 11 is 0. The van der Waals surface area contributed by atoms with Gasteiger partial charge in [-0.05, 0) is 0 Å². The zero-order valence-corrected chi connectivity index (χ0v) is 7.10. The largest absolute Gasteiger partial charge is 0.443 e. The summed E-state index contributed by atoms with van der Waals surface area (Å²) in [7, 11) is 0. The highest BCUT2D eigenvalue weighted by molar-refractivity contribution is 6.65.